The van der Waals surface area contributed by atoms with Crippen LogP contribution in [0.4, 0.5) is 0 Å². The molecule has 0 amide bonds. The van der Waals surface area contributed by atoms with Gasteiger partial charge in [-0.05, 0) is 49.6 Å². The number of hydrogen-bond acceptors (Lipinski definition) is 2. The first-order chi connectivity index (χ1) is 6.63. The molecule has 1 atom stereocenters. The van der Waals surface area contributed by atoms with E-state index in [1.165, 1.54) is 12.0 Å². The Labute approximate surface area is 87.2 Å². The van der Waals surface area contributed by atoms with Crippen molar-refractivity contribution in [2.75, 3.05) is 6.54 Å². The molecule has 0 aromatic rings. The molecule has 0 bridgehead atoms. The Balaban J connectivity index is 2.39. The van der Waals surface area contributed by atoms with E-state index >= 15 is 0 Å². The van der Waals surface area contributed by atoms with Gasteiger partial charge in [-0.2, -0.15) is 0 Å². The molecule has 0 spiro atoms. The largest absolute Gasteiger partial charge is 0.512 e. The minimum atomic E-state index is 0.461. The summed E-state index contributed by atoms with van der Waals surface area (Å²) in [5.74, 6) is 1.76. The van der Waals surface area contributed by atoms with Crippen LogP contribution in [0.3, 0.4) is 0 Å². The lowest BCUT2D eigenvalue weighted by Crippen LogP contribution is -2.18. The summed E-state index contributed by atoms with van der Waals surface area (Å²) >= 11 is 0. The Bertz CT molecular complexity index is 202. The van der Waals surface area contributed by atoms with Crippen molar-refractivity contribution in [1.29, 1.82) is 0 Å². The van der Waals surface area contributed by atoms with Crippen molar-refractivity contribution in [3.8, 4) is 0 Å². The Morgan fingerprint density at radius 3 is 2.43 bits per heavy atom. The molecule has 1 unspecified atom stereocenters. The minimum absolute atomic E-state index is 0.461. The number of allylic oxidation sites excluding steroid dienone is 2. The van der Waals surface area contributed by atoms with E-state index in [4.69, 9.17) is 5.73 Å². The summed E-state index contributed by atoms with van der Waals surface area (Å²) in [7, 11) is 0. The van der Waals surface area contributed by atoms with Crippen LogP contribution in [0.15, 0.2) is 11.3 Å². The van der Waals surface area contributed by atoms with Gasteiger partial charge in [-0.25, -0.2) is 0 Å². The zero-order chi connectivity index (χ0) is 10.6. The predicted molar refractivity (Wildman–Crippen MR) is 60.1 cm³/mol. The highest BCUT2D eigenvalue weighted by atomic mass is 16.3. The fourth-order valence-electron chi connectivity index (χ4n) is 1.99. The van der Waals surface area contributed by atoms with Crippen LogP contribution in [0.25, 0.3) is 0 Å². The van der Waals surface area contributed by atoms with Crippen molar-refractivity contribution >= 4 is 0 Å². The molecule has 1 saturated carbocycles. The van der Waals surface area contributed by atoms with Gasteiger partial charge in [0.25, 0.3) is 0 Å². The van der Waals surface area contributed by atoms with E-state index in [1.807, 2.05) is 0 Å². The molecule has 1 rings (SSSR count). The van der Waals surface area contributed by atoms with Crippen LogP contribution < -0.4 is 5.73 Å². The van der Waals surface area contributed by atoms with Gasteiger partial charge < -0.3 is 10.8 Å². The molecule has 2 heteroatoms. The van der Waals surface area contributed by atoms with Gasteiger partial charge in [-0.15, -0.1) is 0 Å². The lowest BCUT2D eigenvalue weighted by Gasteiger charge is -2.22. The highest BCUT2D eigenvalue weighted by Gasteiger charge is 2.17. The maximum absolute atomic E-state index is 9.81. The third-order valence-corrected chi connectivity index (χ3v) is 2.99. The maximum Gasteiger partial charge on any atom is 0.0917 e. The molecule has 1 aliphatic rings. The summed E-state index contributed by atoms with van der Waals surface area (Å²) in [6.07, 6.45) is 5.37. The maximum atomic E-state index is 9.81. The summed E-state index contributed by atoms with van der Waals surface area (Å²) in [5, 5.41) is 9.81. The van der Waals surface area contributed by atoms with Crippen molar-refractivity contribution in [3.63, 3.8) is 0 Å². The first-order valence-corrected chi connectivity index (χ1v) is 5.73. The molecule has 2 nitrogen and oxygen atoms in total. The van der Waals surface area contributed by atoms with Gasteiger partial charge in [0.15, 0.2) is 0 Å². The summed E-state index contributed by atoms with van der Waals surface area (Å²) in [6.45, 7) is 5.10. The first-order valence-electron chi connectivity index (χ1n) is 5.73. The second-order valence-electron chi connectivity index (χ2n) is 4.84. The minimum Gasteiger partial charge on any atom is -0.512 e. The van der Waals surface area contributed by atoms with Gasteiger partial charge >= 0.3 is 0 Å². The third-order valence-electron chi connectivity index (χ3n) is 2.99. The number of rotatable bonds is 5. The number of aliphatic hydroxyl groups is 1. The van der Waals surface area contributed by atoms with Crippen molar-refractivity contribution in [2.24, 2.45) is 17.6 Å². The van der Waals surface area contributed by atoms with E-state index in [2.05, 4.69) is 13.8 Å². The monoisotopic (exact) mass is 197 g/mol. The molecule has 0 saturated heterocycles. The van der Waals surface area contributed by atoms with Crippen LogP contribution >= 0.6 is 0 Å². The second-order valence-corrected chi connectivity index (χ2v) is 4.84. The standard InChI is InChI=1S/C12H23NO/c1-9(2)6-10(8-13)7-12(14)11-4-3-5-11/h9-10,14H,3-8,13H2,1-2H3. The van der Waals surface area contributed by atoms with Crippen molar-refractivity contribution < 1.29 is 5.11 Å². The van der Waals surface area contributed by atoms with E-state index in [0.717, 1.165) is 25.7 Å². The fraction of sp³-hybridized carbons (Fsp3) is 0.833. The summed E-state index contributed by atoms with van der Waals surface area (Å²) < 4.78 is 0. The smallest absolute Gasteiger partial charge is 0.0917 e. The fourth-order valence-corrected chi connectivity index (χ4v) is 1.99. The van der Waals surface area contributed by atoms with Crippen LogP contribution in [-0.2, 0) is 0 Å². The van der Waals surface area contributed by atoms with Crippen LogP contribution in [0.1, 0.15) is 46.0 Å². The van der Waals surface area contributed by atoms with Gasteiger partial charge in [-0.3, -0.25) is 0 Å². The van der Waals surface area contributed by atoms with Gasteiger partial charge in [0.05, 0.1) is 5.76 Å². The van der Waals surface area contributed by atoms with E-state index in [0.29, 0.717) is 24.1 Å². The molecular formula is C12H23NO. The van der Waals surface area contributed by atoms with Crippen molar-refractivity contribution in [3.05, 3.63) is 11.3 Å². The molecule has 3 N–H and O–H groups in total. The molecule has 0 heterocycles. The molecular weight excluding hydrogens is 174 g/mol. The predicted octanol–water partition coefficient (Wildman–Crippen LogP) is 2.99. The highest BCUT2D eigenvalue weighted by molar-refractivity contribution is 5.14. The molecule has 1 fully saturated rings. The zero-order valence-electron chi connectivity index (χ0n) is 9.42. The zero-order valence-corrected chi connectivity index (χ0v) is 9.42. The summed E-state index contributed by atoms with van der Waals surface area (Å²) in [4.78, 5) is 0. The lowest BCUT2D eigenvalue weighted by molar-refractivity contribution is 0.311. The second kappa shape index (κ2) is 5.40. The topological polar surface area (TPSA) is 46.2 Å². The Kier molecular flexibility index (Phi) is 4.46. The number of aliphatic hydroxyl groups excluding tert-OH is 1. The summed E-state index contributed by atoms with van der Waals surface area (Å²) in [6, 6.07) is 0. The van der Waals surface area contributed by atoms with E-state index in [-0.39, 0.29) is 0 Å². The van der Waals surface area contributed by atoms with Crippen molar-refractivity contribution in [2.45, 2.75) is 46.0 Å². The molecule has 14 heavy (non-hydrogen) atoms. The average Bonchev–Trinajstić information content (AvgIpc) is 1.98. The normalized spacial score (nSPS) is 18.1. The quantitative estimate of drug-likeness (QED) is 0.665. The van der Waals surface area contributed by atoms with Gasteiger partial charge in [-0.1, -0.05) is 13.8 Å². The summed E-state index contributed by atoms with van der Waals surface area (Å²) in [5.41, 5.74) is 6.97. The average molecular weight is 197 g/mol. The van der Waals surface area contributed by atoms with Crippen molar-refractivity contribution in [1.82, 2.24) is 0 Å². The van der Waals surface area contributed by atoms with Gasteiger partial charge in [0, 0.05) is 6.42 Å². The highest BCUT2D eigenvalue weighted by Crippen LogP contribution is 2.31. The molecule has 0 aromatic carbocycles. The molecule has 0 aromatic heterocycles. The van der Waals surface area contributed by atoms with E-state index < -0.39 is 0 Å². The first kappa shape index (κ1) is 11.6. The molecule has 1 aliphatic carbocycles. The Morgan fingerprint density at radius 1 is 1.43 bits per heavy atom. The van der Waals surface area contributed by atoms with Crippen LogP contribution in [0.5, 0.6) is 0 Å². The third kappa shape index (κ3) is 3.33. The number of nitrogens with two attached hydrogens (primary N) is 1. The van der Waals surface area contributed by atoms with E-state index in [1.54, 1.807) is 0 Å². The lowest BCUT2D eigenvalue weighted by atomic mass is 9.86. The molecule has 0 aliphatic heterocycles. The van der Waals surface area contributed by atoms with Gasteiger partial charge in [0.1, 0.15) is 0 Å². The Morgan fingerprint density at radius 2 is 2.07 bits per heavy atom. The molecule has 82 valence electrons. The van der Waals surface area contributed by atoms with Crippen LogP contribution in [-0.4, -0.2) is 11.7 Å². The SMILES string of the molecule is CC(C)CC(CN)CC(O)=C1CCC1. The van der Waals surface area contributed by atoms with Crippen LogP contribution in [0.2, 0.25) is 0 Å². The van der Waals surface area contributed by atoms with Crippen LogP contribution in [0, 0.1) is 11.8 Å². The Hall–Kier alpha value is -0.500. The molecule has 0 radical (unpaired) electrons. The van der Waals surface area contributed by atoms with Gasteiger partial charge in [0.2, 0.25) is 0 Å². The van der Waals surface area contributed by atoms with E-state index in [9.17, 15) is 5.11 Å². The number of hydrogen-bond donors (Lipinski definition) is 2.